The number of aromatic amines is 1. The average molecular weight is 458 g/mol. The van der Waals surface area contributed by atoms with E-state index < -0.39 is 0 Å². The summed E-state index contributed by atoms with van der Waals surface area (Å²) in [5.74, 6) is 1.14. The molecule has 8 heteroatoms. The molecule has 0 atom stereocenters. The van der Waals surface area contributed by atoms with Crippen molar-refractivity contribution in [2.24, 2.45) is 9.98 Å². The van der Waals surface area contributed by atoms with E-state index >= 15 is 0 Å². The predicted molar refractivity (Wildman–Crippen MR) is 114 cm³/mol. The number of nitrogens with one attached hydrogen (secondary N) is 1. The van der Waals surface area contributed by atoms with Gasteiger partial charge in [-0.2, -0.15) is 5.10 Å². The second-order valence-electron chi connectivity index (χ2n) is 6.13. The zero-order valence-electron chi connectivity index (χ0n) is 16.0. The van der Waals surface area contributed by atoms with Crippen LogP contribution >= 0.6 is 20.2 Å². The Kier molecular flexibility index (Phi) is 8.86. The summed E-state index contributed by atoms with van der Waals surface area (Å²) >= 11 is 0.194. The van der Waals surface area contributed by atoms with Crippen molar-refractivity contribution < 1.29 is 13.1 Å². The third-order valence-electron chi connectivity index (χ3n) is 4.02. The van der Waals surface area contributed by atoms with Crippen LogP contribution in [0.3, 0.4) is 0 Å². The van der Waals surface area contributed by atoms with Crippen LogP contribution in [0.2, 0.25) is 0 Å². The van der Waals surface area contributed by atoms with Crippen LogP contribution in [0.15, 0.2) is 46.4 Å². The van der Waals surface area contributed by atoms with E-state index in [2.05, 4.69) is 25.2 Å². The van der Waals surface area contributed by atoms with Crippen molar-refractivity contribution in [2.45, 2.75) is 27.7 Å². The summed E-state index contributed by atoms with van der Waals surface area (Å²) in [5, 5.41) is 7.05. The fraction of sp³-hybridized carbons (Fsp3) is 0.200. The molecule has 3 aromatic rings. The van der Waals surface area contributed by atoms with Crippen LogP contribution in [0, 0.1) is 27.7 Å². The van der Waals surface area contributed by atoms with Gasteiger partial charge in [0, 0.05) is 0 Å². The molecule has 0 saturated heterocycles. The Morgan fingerprint density at radius 2 is 1.25 bits per heavy atom. The summed E-state index contributed by atoms with van der Waals surface area (Å²) < 4.78 is 0. The van der Waals surface area contributed by atoms with Crippen LogP contribution < -0.4 is 0 Å². The monoisotopic (exact) mass is 457 g/mol. The average Bonchev–Trinajstić information content (AvgIpc) is 3.09. The maximum absolute atomic E-state index is 4.76. The van der Waals surface area contributed by atoms with Gasteiger partial charge in [0.1, 0.15) is 0 Å². The first-order chi connectivity index (χ1) is 13.5. The first-order valence-corrected chi connectivity index (χ1v) is 11.5. The Morgan fingerprint density at radius 3 is 1.71 bits per heavy atom. The second kappa shape index (κ2) is 11.1. The van der Waals surface area contributed by atoms with Crippen molar-refractivity contribution in [2.75, 3.05) is 0 Å². The van der Waals surface area contributed by atoms with Crippen molar-refractivity contribution in [3.05, 3.63) is 70.3 Å². The fourth-order valence-electron chi connectivity index (χ4n) is 2.67. The van der Waals surface area contributed by atoms with Crippen molar-refractivity contribution in [1.29, 1.82) is 0 Å². The molecule has 0 unspecified atom stereocenters. The van der Waals surface area contributed by atoms with Gasteiger partial charge < -0.3 is 0 Å². The predicted octanol–water partition coefficient (Wildman–Crippen LogP) is 5.92. The third kappa shape index (κ3) is 6.28. The number of benzene rings is 2. The van der Waals surface area contributed by atoms with Gasteiger partial charge >= 0.3 is 33.3 Å². The summed E-state index contributed by atoms with van der Waals surface area (Å²) in [6.45, 7) is 8.17. The van der Waals surface area contributed by atoms with Crippen LogP contribution in [-0.2, 0) is 13.1 Å². The first-order valence-electron chi connectivity index (χ1n) is 8.44. The zero-order valence-corrected chi connectivity index (χ0v) is 18.6. The van der Waals surface area contributed by atoms with E-state index in [0.717, 1.165) is 33.6 Å². The minimum atomic E-state index is 0.194. The zero-order chi connectivity index (χ0) is 20.5. The van der Waals surface area contributed by atoms with E-state index in [1.165, 1.54) is 0 Å². The van der Waals surface area contributed by atoms with E-state index in [0.29, 0.717) is 11.6 Å². The Morgan fingerprint density at radius 1 is 0.821 bits per heavy atom. The number of aromatic nitrogens is 3. The number of hydrogen-bond acceptors (Lipinski definition) is 4. The van der Waals surface area contributed by atoms with Gasteiger partial charge in [-0.05, 0) is 49.9 Å². The molecule has 0 saturated carbocycles. The molecule has 1 heterocycles. The number of hydrogen-bond donors (Lipinski definition) is 1. The number of rotatable bonds is 4. The van der Waals surface area contributed by atoms with E-state index in [1.54, 1.807) is 12.4 Å². The molecule has 3 rings (SSSR count). The third-order valence-corrected chi connectivity index (χ3v) is 4.02. The summed E-state index contributed by atoms with van der Waals surface area (Å²) in [6.07, 6.45) is 3.36. The number of nitrogens with zero attached hydrogens (tertiary/aromatic N) is 4. The number of halogens is 2. The summed E-state index contributed by atoms with van der Waals surface area (Å²) in [6, 6.07) is 12.2. The molecule has 0 radical (unpaired) electrons. The molecule has 0 aliphatic heterocycles. The van der Waals surface area contributed by atoms with Crippen molar-refractivity contribution in [3.8, 4) is 0 Å². The molecule has 148 valence electrons. The molecule has 28 heavy (non-hydrogen) atoms. The maximum atomic E-state index is 4.76. The van der Waals surface area contributed by atoms with Crippen molar-refractivity contribution >= 4 is 44.0 Å². The van der Waals surface area contributed by atoms with Gasteiger partial charge in [-0.3, -0.25) is 15.1 Å². The van der Waals surface area contributed by atoms with Crippen LogP contribution in [-0.4, -0.2) is 27.6 Å². The van der Waals surface area contributed by atoms with Crippen molar-refractivity contribution in [1.82, 2.24) is 15.2 Å². The van der Waals surface area contributed by atoms with E-state index in [1.807, 2.05) is 64.1 Å². The normalized spacial score (nSPS) is 11.2. The Balaban J connectivity index is 0.000000878. The Hall–Kier alpha value is -1.98. The molecule has 0 fully saturated rings. The van der Waals surface area contributed by atoms with Crippen molar-refractivity contribution in [3.63, 3.8) is 0 Å². The molecule has 1 N–H and O–H groups in total. The van der Waals surface area contributed by atoms with Crippen LogP contribution in [0.5, 0.6) is 0 Å². The number of aliphatic imine (C=N–C) groups is 2. The van der Waals surface area contributed by atoms with Gasteiger partial charge in [0.2, 0.25) is 0 Å². The van der Waals surface area contributed by atoms with Gasteiger partial charge in [0.15, 0.2) is 11.6 Å². The molecule has 0 spiro atoms. The molecular weight excluding hydrogens is 437 g/mol. The van der Waals surface area contributed by atoms with Gasteiger partial charge in [0.25, 0.3) is 0 Å². The summed E-state index contributed by atoms with van der Waals surface area (Å²) in [7, 11) is 9.53. The number of para-hydroxylation sites is 2. The second-order valence-corrected chi connectivity index (χ2v) is 7.95. The summed E-state index contributed by atoms with van der Waals surface area (Å²) in [4.78, 5) is 13.4. The topological polar surface area (TPSA) is 66.3 Å². The minimum absolute atomic E-state index is 0.194. The number of aryl methyl sites for hydroxylation is 4. The van der Waals surface area contributed by atoms with Crippen LogP contribution in [0.1, 0.15) is 33.9 Å². The molecule has 0 aliphatic rings. The molecular formula is C20H21Cl2FeN5. The molecule has 0 bridgehead atoms. The van der Waals surface area contributed by atoms with Gasteiger partial charge in [-0.25, -0.2) is 4.98 Å². The standard InChI is InChI=1S/C20H21N5.2ClH.Fe/c1-13-7-5-8-14(2)19(13)21-11-17-23-18(25-24-17)12-22-20-15(3)9-6-10-16(20)4;;;/h5-12H,1-4H3,(H,23,24,25);2*1H;/q;;;+2/p-2. The van der Waals surface area contributed by atoms with E-state index in [4.69, 9.17) is 20.2 Å². The van der Waals surface area contributed by atoms with Gasteiger partial charge in [0.05, 0.1) is 23.8 Å². The quantitative estimate of drug-likeness (QED) is 0.390. The molecule has 5 nitrogen and oxygen atoms in total. The van der Waals surface area contributed by atoms with Crippen LogP contribution in [0.4, 0.5) is 11.4 Å². The first kappa shape index (κ1) is 22.3. The SMILES string of the molecule is Cc1cccc(C)c1N=Cc1n[nH]c(C=Nc2c(C)cccc2C)n1.[Cl][Fe][Cl]. The molecule has 1 aromatic heterocycles. The Labute approximate surface area is 179 Å². The number of H-pyrrole nitrogens is 1. The van der Waals surface area contributed by atoms with Gasteiger partial charge in [-0.1, -0.05) is 36.4 Å². The molecule has 0 aliphatic carbocycles. The molecule has 0 amide bonds. The van der Waals surface area contributed by atoms with E-state index in [-0.39, 0.29) is 13.1 Å². The van der Waals surface area contributed by atoms with E-state index in [9.17, 15) is 0 Å². The Bertz CT molecular complexity index is 866. The van der Waals surface area contributed by atoms with Gasteiger partial charge in [-0.15, -0.1) is 0 Å². The van der Waals surface area contributed by atoms with Crippen LogP contribution in [0.25, 0.3) is 0 Å². The fourth-order valence-corrected chi connectivity index (χ4v) is 2.67. The summed E-state index contributed by atoms with van der Waals surface area (Å²) in [5.41, 5.74) is 6.44. The molecule has 2 aromatic carbocycles.